The Labute approximate surface area is 159 Å². The molecule has 0 saturated heterocycles. The smallest absolute Gasteiger partial charge is 0.367 e. The first-order chi connectivity index (χ1) is 12.2. The first-order valence-corrected chi connectivity index (χ1v) is 10.5. The molecule has 0 spiro atoms. The standard InChI is InChI=1S/C20H35O5P/c1-16(2)10-8-11-17(3)12-9-13-18(4)14-15-19(20(21)23-5)26(22,24-6)25-7/h10,12,15,18H,8-9,11,13-14H2,1-7H3/b17-12?,19-15+. The highest BCUT2D eigenvalue weighted by Gasteiger charge is 2.33. The van der Waals surface area contributed by atoms with Crippen LogP contribution in [0.3, 0.4) is 0 Å². The molecule has 0 radical (unpaired) electrons. The van der Waals surface area contributed by atoms with Crippen LogP contribution in [-0.4, -0.2) is 27.3 Å². The Hall–Kier alpha value is -1.16. The molecule has 0 aromatic rings. The number of ether oxygens (including phenoxy) is 1. The SMILES string of the molecule is COC(=O)/C(=C\CC(C)CCC=C(C)CCC=C(C)C)P(=O)(OC)OC. The summed E-state index contributed by atoms with van der Waals surface area (Å²) in [6.07, 6.45) is 10.9. The number of esters is 1. The van der Waals surface area contributed by atoms with Gasteiger partial charge in [0.2, 0.25) is 0 Å². The Morgan fingerprint density at radius 1 is 1.00 bits per heavy atom. The van der Waals surface area contributed by atoms with E-state index in [1.54, 1.807) is 6.08 Å². The first kappa shape index (κ1) is 24.8. The van der Waals surface area contributed by atoms with Crippen molar-refractivity contribution < 1.29 is 23.1 Å². The van der Waals surface area contributed by atoms with Gasteiger partial charge < -0.3 is 13.8 Å². The summed E-state index contributed by atoms with van der Waals surface area (Å²) < 4.78 is 27.0. The van der Waals surface area contributed by atoms with Crippen LogP contribution < -0.4 is 0 Å². The van der Waals surface area contributed by atoms with E-state index in [4.69, 9.17) is 13.8 Å². The molecule has 0 amide bonds. The number of carbonyl (C=O) groups excluding carboxylic acids is 1. The van der Waals surface area contributed by atoms with Crippen molar-refractivity contribution in [2.24, 2.45) is 5.92 Å². The molecule has 0 aliphatic carbocycles. The molecule has 26 heavy (non-hydrogen) atoms. The van der Waals surface area contributed by atoms with Crippen molar-refractivity contribution in [3.63, 3.8) is 0 Å². The highest BCUT2D eigenvalue weighted by atomic mass is 31.2. The molecule has 0 aliphatic rings. The molecule has 0 aliphatic heterocycles. The van der Waals surface area contributed by atoms with Gasteiger partial charge in [0.25, 0.3) is 0 Å². The lowest BCUT2D eigenvalue weighted by molar-refractivity contribution is -0.135. The van der Waals surface area contributed by atoms with Crippen LogP contribution in [0.2, 0.25) is 0 Å². The molecular formula is C20H35O5P. The average molecular weight is 386 g/mol. The first-order valence-electron chi connectivity index (χ1n) is 8.99. The lowest BCUT2D eigenvalue weighted by Crippen LogP contribution is -2.08. The molecule has 5 nitrogen and oxygen atoms in total. The molecule has 150 valence electrons. The van der Waals surface area contributed by atoms with E-state index in [2.05, 4.69) is 39.8 Å². The van der Waals surface area contributed by atoms with Crippen LogP contribution in [-0.2, 0) is 23.1 Å². The van der Waals surface area contributed by atoms with Gasteiger partial charge in [0.15, 0.2) is 0 Å². The molecule has 1 unspecified atom stereocenters. The maximum Gasteiger partial charge on any atom is 0.367 e. The summed E-state index contributed by atoms with van der Waals surface area (Å²) in [6, 6.07) is 0. The van der Waals surface area contributed by atoms with Gasteiger partial charge >= 0.3 is 13.6 Å². The third-order valence-corrected chi connectivity index (χ3v) is 6.04. The minimum absolute atomic E-state index is 0.0368. The number of methoxy groups -OCH3 is 1. The lowest BCUT2D eigenvalue weighted by Gasteiger charge is -2.16. The molecule has 0 rings (SSSR count). The molecule has 0 aromatic heterocycles. The van der Waals surface area contributed by atoms with E-state index < -0.39 is 13.6 Å². The van der Waals surface area contributed by atoms with E-state index in [1.807, 2.05) is 0 Å². The predicted octanol–water partition coefficient (Wildman–Crippen LogP) is 6.03. The molecule has 0 saturated carbocycles. The largest absolute Gasteiger partial charge is 0.465 e. The van der Waals surface area contributed by atoms with Crippen LogP contribution in [0.15, 0.2) is 34.7 Å². The third-order valence-electron chi connectivity index (χ3n) is 4.13. The average Bonchev–Trinajstić information content (AvgIpc) is 2.60. The van der Waals surface area contributed by atoms with Gasteiger partial charge in [0.1, 0.15) is 5.31 Å². The number of hydrogen-bond acceptors (Lipinski definition) is 5. The monoisotopic (exact) mass is 386 g/mol. The Kier molecular flexibility index (Phi) is 12.5. The minimum atomic E-state index is -3.61. The predicted molar refractivity (Wildman–Crippen MR) is 107 cm³/mol. The fourth-order valence-electron chi connectivity index (χ4n) is 2.42. The van der Waals surface area contributed by atoms with Gasteiger partial charge in [-0.15, -0.1) is 0 Å². The molecule has 1 atom stereocenters. The van der Waals surface area contributed by atoms with Gasteiger partial charge in [-0.1, -0.05) is 36.3 Å². The van der Waals surface area contributed by atoms with Gasteiger partial charge in [0.05, 0.1) is 7.11 Å². The van der Waals surface area contributed by atoms with Crippen molar-refractivity contribution in [2.75, 3.05) is 21.3 Å². The maximum absolute atomic E-state index is 12.5. The van der Waals surface area contributed by atoms with Crippen molar-refractivity contribution in [3.8, 4) is 0 Å². The van der Waals surface area contributed by atoms with Crippen LogP contribution >= 0.6 is 7.60 Å². The highest BCUT2D eigenvalue weighted by molar-refractivity contribution is 7.59. The van der Waals surface area contributed by atoms with Gasteiger partial charge in [-0.3, -0.25) is 4.57 Å². The van der Waals surface area contributed by atoms with E-state index >= 15 is 0 Å². The van der Waals surface area contributed by atoms with Gasteiger partial charge in [-0.05, 0) is 58.8 Å². The molecule has 0 aromatic carbocycles. The summed E-state index contributed by atoms with van der Waals surface area (Å²) in [5.74, 6) is -0.349. The highest BCUT2D eigenvalue weighted by Crippen LogP contribution is 2.55. The Morgan fingerprint density at radius 3 is 2.12 bits per heavy atom. The number of hydrogen-bond donors (Lipinski definition) is 0. The summed E-state index contributed by atoms with van der Waals surface area (Å²) in [7, 11) is 0.149. The summed E-state index contributed by atoms with van der Waals surface area (Å²) in [6.45, 7) is 8.49. The zero-order valence-corrected chi connectivity index (χ0v) is 18.2. The fraction of sp³-hybridized carbons (Fsp3) is 0.650. The van der Waals surface area contributed by atoms with Crippen LogP contribution in [0.5, 0.6) is 0 Å². The van der Waals surface area contributed by atoms with Gasteiger partial charge in [0, 0.05) is 14.2 Å². The lowest BCUT2D eigenvalue weighted by atomic mass is 10.00. The van der Waals surface area contributed by atoms with Gasteiger partial charge in [-0.25, -0.2) is 4.79 Å². The second-order valence-electron chi connectivity index (χ2n) is 6.73. The number of rotatable bonds is 12. The molecule has 0 bridgehead atoms. The fourth-order valence-corrected chi connectivity index (χ4v) is 3.60. The maximum atomic E-state index is 12.5. The van der Waals surface area contributed by atoms with E-state index in [-0.39, 0.29) is 5.31 Å². The van der Waals surface area contributed by atoms with Crippen molar-refractivity contribution >= 4 is 13.6 Å². The van der Waals surface area contributed by atoms with Crippen LogP contribution in [0, 0.1) is 5.92 Å². The second-order valence-corrected chi connectivity index (χ2v) is 8.94. The molecular weight excluding hydrogens is 351 g/mol. The third kappa shape index (κ3) is 9.51. The molecule has 0 heterocycles. The van der Waals surface area contributed by atoms with Crippen molar-refractivity contribution in [1.29, 1.82) is 0 Å². The van der Waals surface area contributed by atoms with Crippen molar-refractivity contribution in [1.82, 2.24) is 0 Å². The topological polar surface area (TPSA) is 61.8 Å². The van der Waals surface area contributed by atoms with Crippen LogP contribution in [0.1, 0.15) is 59.8 Å². The molecule has 0 fully saturated rings. The number of carbonyl (C=O) groups is 1. The normalized spacial score (nSPS) is 14.1. The molecule has 0 N–H and O–H groups in total. The van der Waals surface area contributed by atoms with Gasteiger partial charge in [-0.2, -0.15) is 0 Å². The Bertz CT molecular complexity index is 563. The Balaban J connectivity index is 4.70. The zero-order chi connectivity index (χ0) is 20.2. The van der Waals surface area contributed by atoms with Crippen molar-refractivity contribution in [3.05, 3.63) is 34.7 Å². The second kappa shape index (κ2) is 13.1. The number of allylic oxidation sites excluding steroid dienone is 5. The summed E-state index contributed by atoms with van der Waals surface area (Å²) >= 11 is 0. The summed E-state index contributed by atoms with van der Waals surface area (Å²) in [5.41, 5.74) is 2.74. The van der Waals surface area contributed by atoms with Crippen molar-refractivity contribution in [2.45, 2.75) is 59.8 Å². The summed E-state index contributed by atoms with van der Waals surface area (Å²) in [5, 5.41) is -0.0368. The summed E-state index contributed by atoms with van der Waals surface area (Å²) in [4.78, 5) is 11.9. The zero-order valence-electron chi connectivity index (χ0n) is 17.3. The van der Waals surface area contributed by atoms with E-state index in [0.29, 0.717) is 12.3 Å². The van der Waals surface area contributed by atoms with Crippen LogP contribution in [0.25, 0.3) is 0 Å². The van der Waals surface area contributed by atoms with E-state index in [9.17, 15) is 9.36 Å². The van der Waals surface area contributed by atoms with Crippen LogP contribution in [0.4, 0.5) is 0 Å². The Morgan fingerprint density at radius 2 is 1.62 bits per heavy atom. The quantitative estimate of drug-likeness (QED) is 0.177. The minimum Gasteiger partial charge on any atom is -0.465 e. The van der Waals surface area contributed by atoms with E-state index in [1.165, 1.54) is 32.5 Å². The molecule has 6 heteroatoms. The van der Waals surface area contributed by atoms with E-state index in [0.717, 1.165) is 25.7 Å².